The highest BCUT2D eigenvalue weighted by atomic mass is 16.4. The maximum Gasteiger partial charge on any atom is 0.304 e. The molecule has 0 aliphatic heterocycles. The molecule has 0 atom stereocenters. The molecule has 2 rings (SSSR count). The van der Waals surface area contributed by atoms with Gasteiger partial charge in [0.25, 0.3) is 0 Å². The topological polar surface area (TPSA) is 55.1 Å². The van der Waals surface area contributed by atoms with Crippen molar-refractivity contribution < 1.29 is 9.90 Å². The second kappa shape index (κ2) is 3.87. The standard InChI is InChI=1S/C13H16N2O2/c1-13(2,7-11(16)17)9-5-4-6-10-12(9)14-8-15(10)3/h4-6,8H,7H2,1-3H3,(H,16,17). The van der Waals surface area contributed by atoms with Gasteiger partial charge in [0.2, 0.25) is 0 Å². The molecule has 0 fully saturated rings. The van der Waals surface area contributed by atoms with Gasteiger partial charge in [-0.15, -0.1) is 0 Å². The molecule has 4 heteroatoms. The molecule has 1 N–H and O–H groups in total. The summed E-state index contributed by atoms with van der Waals surface area (Å²) in [5.74, 6) is -0.789. The van der Waals surface area contributed by atoms with Gasteiger partial charge in [0.15, 0.2) is 0 Å². The number of carboxylic acid groups (broad SMARTS) is 1. The highest BCUT2D eigenvalue weighted by Crippen LogP contribution is 2.31. The molecule has 4 nitrogen and oxygen atoms in total. The van der Waals surface area contributed by atoms with E-state index < -0.39 is 11.4 Å². The van der Waals surface area contributed by atoms with E-state index in [0.717, 1.165) is 16.6 Å². The molecule has 90 valence electrons. The number of imidazole rings is 1. The molecular weight excluding hydrogens is 216 g/mol. The Morgan fingerprint density at radius 1 is 1.47 bits per heavy atom. The van der Waals surface area contributed by atoms with Crippen LogP contribution < -0.4 is 0 Å². The molecule has 1 heterocycles. The number of aromatic nitrogens is 2. The van der Waals surface area contributed by atoms with Crippen LogP contribution in [-0.2, 0) is 17.3 Å². The van der Waals surface area contributed by atoms with E-state index in [1.54, 1.807) is 6.33 Å². The molecule has 0 radical (unpaired) electrons. The van der Waals surface area contributed by atoms with E-state index in [4.69, 9.17) is 5.11 Å². The third-order valence-corrected chi connectivity index (χ3v) is 3.08. The van der Waals surface area contributed by atoms with Gasteiger partial charge >= 0.3 is 5.97 Å². The number of rotatable bonds is 3. The fourth-order valence-corrected chi connectivity index (χ4v) is 2.18. The lowest BCUT2D eigenvalue weighted by molar-refractivity contribution is -0.138. The second-order valence-corrected chi connectivity index (χ2v) is 4.98. The predicted octanol–water partition coefficient (Wildman–Crippen LogP) is 2.33. The highest BCUT2D eigenvalue weighted by molar-refractivity contribution is 5.81. The van der Waals surface area contributed by atoms with Gasteiger partial charge in [-0.1, -0.05) is 26.0 Å². The number of carboxylic acids is 1. The zero-order valence-electron chi connectivity index (χ0n) is 10.3. The number of fused-ring (bicyclic) bond motifs is 1. The molecule has 17 heavy (non-hydrogen) atoms. The summed E-state index contributed by atoms with van der Waals surface area (Å²) in [6.45, 7) is 3.87. The molecule has 0 spiro atoms. The van der Waals surface area contributed by atoms with Crippen LogP contribution in [0.5, 0.6) is 0 Å². The van der Waals surface area contributed by atoms with Crippen molar-refractivity contribution in [3.63, 3.8) is 0 Å². The molecule has 0 aliphatic carbocycles. The van der Waals surface area contributed by atoms with Gasteiger partial charge in [0, 0.05) is 12.5 Å². The monoisotopic (exact) mass is 232 g/mol. The van der Waals surface area contributed by atoms with Crippen LogP contribution in [0.2, 0.25) is 0 Å². The Morgan fingerprint density at radius 3 is 2.82 bits per heavy atom. The van der Waals surface area contributed by atoms with Crippen molar-refractivity contribution in [2.24, 2.45) is 7.05 Å². The van der Waals surface area contributed by atoms with Crippen LogP contribution in [0.4, 0.5) is 0 Å². The molecular formula is C13H16N2O2. The quantitative estimate of drug-likeness (QED) is 0.883. The van der Waals surface area contributed by atoms with Crippen molar-refractivity contribution in [1.29, 1.82) is 0 Å². The first kappa shape index (κ1) is 11.6. The van der Waals surface area contributed by atoms with Crippen LogP contribution in [-0.4, -0.2) is 20.6 Å². The van der Waals surface area contributed by atoms with Gasteiger partial charge in [0.05, 0.1) is 23.8 Å². The lowest BCUT2D eigenvalue weighted by Gasteiger charge is -2.23. The molecule has 0 saturated carbocycles. The third-order valence-electron chi connectivity index (χ3n) is 3.08. The average molecular weight is 232 g/mol. The van der Waals surface area contributed by atoms with Crippen LogP contribution in [0.1, 0.15) is 25.8 Å². The molecule has 0 bridgehead atoms. The number of hydrogen-bond donors (Lipinski definition) is 1. The maximum absolute atomic E-state index is 10.9. The van der Waals surface area contributed by atoms with Gasteiger partial charge in [-0.25, -0.2) is 4.98 Å². The van der Waals surface area contributed by atoms with Crippen LogP contribution in [0, 0.1) is 0 Å². The van der Waals surface area contributed by atoms with Crippen molar-refractivity contribution in [2.75, 3.05) is 0 Å². The SMILES string of the molecule is Cn1cnc2c(C(C)(C)CC(=O)O)cccc21. The van der Waals surface area contributed by atoms with E-state index in [1.807, 2.05) is 43.7 Å². The Morgan fingerprint density at radius 2 is 2.18 bits per heavy atom. The Bertz CT molecular complexity index is 570. The van der Waals surface area contributed by atoms with Crippen LogP contribution in [0.25, 0.3) is 11.0 Å². The second-order valence-electron chi connectivity index (χ2n) is 4.98. The maximum atomic E-state index is 10.9. The van der Waals surface area contributed by atoms with Crippen LogP contribution >= 0.6 is 0 Å². The Kier molecular flexibility index (Phi) is 2.65. The van der Waals surface area contributed by atoms with E-state index in [-0.39, 0.29) is 6.42 Å². The van der Waals surface area contributed by atoms with Crippen molar-refractivity contribution >= 4 is 17.0 Å². The van der Waals surface area contributed by atoms with Crippen LogP contribution in [0.3, 0.4) is 0 Å². The number of nitrogens with zero attached hydrogens (tertiary/aromatic N) is 2. The minimum atomic E-state index is -0.789. The van der Waals surface area contributed by atoms with Crippen LogP contribution in [0.15, 0.2) is 24.5 Å². The average Bonchev–Trinajstić information content (AvgIpc) is 2.58. The summed E-state index contributed by atoms with van der Waals surface area (Å²) in [7, 11) is 1.93. The van der Waals surface area contributed by atoms with Gasteiger partial charge < -0.3 is 9.67 Å². The normalized spacial score (nSPS) is 11.9. The Labute approximate surface area is 99.9 Å². The van der Waals surface area contributed by atoms with Gasteiger partial charge in [0.1, 0.15) is 0 Å². The Balaban J connectivity index is 2.58. The fourth-order valence-electron chi connectivity index (χ4n) is 2.18. The lowest BCUT2D eigenvalue weighted by Crippen LogP contribution is -2.22. The van der Waals surface area contributed by atoms with Gasteiger partial charge in [-0.05, 0) is 11.6 Å². The summed E-state index contributed by atoms with van der Waals surface area (Å²) < 4.78 is 1.94. The highest BCUT2D eigenvalue weighted by Gasteiger charge is 2.26. The van der Waals surface area contributed by atoms with E-state index in [0.29, 0.717) is 0 Å². The zero-order chi connectivity index (χ0) is 12.6. The Hall–Kier alpha value is -1.84. The summed E-state index contributed by atoms with van der Waals surface area (Å²) in [6, 6.07) is 5.89. The molecule has 1 aromatic carbocycles. The summed E-state index contributed by atoms with van der Waals surface area (Å²) in [5.41, 5.74) is 2.49. The summed E-state index contributed by atoms with van der Waals surface area (Å²) in [6.07, 6.45) is 1.85. The number of benzene rings is 1. The fraction of sp³-hybridized carbons (Fsp3) is 0.385. The molecule has 0 amide bonds. The lowest BCUT2D eigenvalue weighted by atomic mass is 9.81. The number of aryl methyl sites for hydroxylation is 1. The number of hydrogen-bond acceptors (Lipinski definition) is 2. The third kappa shape index (κ3) is 2.02. The van der Waals surface area contributed by atoms with Gasteiger partial charge in [-0.3, -0.25) is 4.79 Å². The smallest absolute Gasteiger partial charge is 0.304 e. The molecule has 2 aromatic rings. The summed E-state index contributed by atoms with van der Waals surface area (Å²) >= 11 is 0. The van der Waals surface area contributed by atoms with Gasteiger partial charge in [-0.2, -0.15) is 0 Å². The molecule has 0 aliphatic rings. The van der Waals surface area contributed by atoms with E-state index in [9.17, 15) is 4.79 Å². The first-order valence-corrected chi connectivity index (χ1v) is 5.54. The summed E-state index contributed by atoms with van der Waals surface area (Å²) in [5, 5.41) is 8.96. The largest absolute Gasteiger partial charge is 0.481 e. The first-order chi connectivity index (χ1) is 7.92. The number of aliphatic carboxylic acids is 1. The zero-order valence-corrected chi connectivity index (χ0v) is 10.3. The number of para-hydroxylation sites is 1. The van der Waals surface area contributed by atoms with Crippen molar-refractivity contribution in [2.45, 2.75) is 25.7 Å². The van der Waals surface area contributed by atoms with E-state index in [2.05, 4.69) is 4.98 Å². The van der Waals surface area contributed by atoms with Crippen molar-refractivity contribution in [1.82, 2.24) is 9.55 Å². The summed E-state index contributed by atoms with van der Waals surface area (Å²) in [4.78, 5) is 15.3. The minimum Gasteiger partial charge on any atom is -0.481 e. The van der Waals surface area contributed by atoms with E-state index >= 15 is 0 Å². The minimum absolute atomic E-state index is 0.0999. The van der Waals surface area contributed by atoms with E-state index in [1.165, 1.54) is 0 Å². The predicted molar refractivity (Wildman–Crippen MR) is 66.0 cm³/mol. The number of carbonyl (C=O) groups is 1. The molecule has 0 saturated heterocycles. The van der Waals surface area contributed by atoms with Crippen molar-refractivity contribution in [3.05, 3.63) is 30.1 Å². The first-order valence-electron chi connectivity index (χ1n) is 5.54. The van der Waals surface area contributed by atoms with Crippen molar-refractivity contribution in [3.8, 4) is 0 Å². The molecule has 0 unspecified atom stereocenters. The molecule has 1 aromatic heterocycles.